The molecule has 4 nitrogen and oxygen atoms in total. The second-order valence-electron chi connectivity index (χ2n) is 7.34. The third kappa shape index (κ3) is 3.28. The highest BCUT2D eigenvalue weighted by Gasteiger charge is 2.38. The summed E-state index contributed by atoms with van der Waals surface area (Å²) in [6, 6.07) is 8.33. The Labute approximate surface area is 143 Å². The summed E-state index contributed by atoms with van der Waals surface area (Å²) in [5.41, 5.74) is 7.35. The van der Waals surface area contributed by atoms with Crippen LogP contribution in [0.3, 0.4) is 0 Å². The van der Waals surface area contributed by atoms with E-state index in [0.29, 0.717) is 0 Å². The highest BCUT2D eigenvalue weighted by molar-refractivity contribution is 7.99. The molecule has 1 amide bonds. The second-order valence-corrected chi connectivity index (χ2v) is 8.47. The molecule has 23 heavy (non-hydrogen) atoms. The number of carbonyl (C=O) groups is 1. The van der Waals surface area contributed by atoms with Gasteiger partial charge in [-0.2, -0.15) is 0 Å². The molecule has 0 bridgehead atoms. The summed E-state index contributed by atoms with van der Waals surface area (Å²) >= 11 is 1.83. The topological polar surface area (TPSA) is 49.6 Å². The first-order chi connectivity index (χ1) is 10.9. The Morgan fingerprint density at radius 2 is 2.09 bits per heavy atom. The standard InChI is InChI=1S/C18H27N3OS/c1-13(20-9-8-16(19)18(2,3)12-20)17(22)21-10-11-23-15-7-5-4-6-14(15)21/h4-7,13,16H,8-12,19H2,1-3H3. The molecule has 0 spiro atoms. The van der Waals surface area contributed by atoms with E-state index in [0.717, 1.165) is 37.5 Å². The monoisotopic (exact) mass is 333 g/mol. The smallest absolute Gasteiger partial charge is 0.244 e. The largest absolute Gasteiger partial charge is 0.327 e. The van der Waals surface area contributed by atoms with Gasteiger partial charge in [0.05, 0.1) is 11.7 Å². The van der Waals surface area contributed by atoms with Crippen LogP contribution in [0, 0.1) is 5.41 Å². The highest BCUT2D eigenvalue weighted by atomic mass is 32.2. The van der Waals surface area contributed by atoms with Crippen molar-refractivity contribution < 1.29 is 4.79 Å². The van der Waals surface area contributed by atoms with Gasteiger partial charge in [-0.25, -0.2) is 0 Å². The Balaban J connectivity index is 1.76. The quantitative estimate of drug-likeness (QED) is 0.904. The van der Waals surface area contributed by atoms with Crippen molar-refractivity contribution in [3.05, 3.63) is 24.3 Å². The van der Waals surface area contributed by atoms with E-state index in [4.69, 9.17) is 5.73 Å². The van der Waals surface area contributed by atoms with Crippen LogP contribution in [-0.4, -0.2) is 48.3 Å². The lowest BCUT2D eigenvalue weighted by Gasteiger charge is -2.45. The molecule has 1 saturated heterocycles. The van der Waals surface area contributed by atoms with Gasteiger partial charge in [0.2, 0.25) is 5.91 Å². The zero-order chi connectivity index (χ0) is 16.6. The minimum Gasteiger partial charge on any atom is -0.327 e. The zero-order valence-corrected chi connectivity index (χ0v) is 15.1. The van der Waals surface area contributed by atoms with Crippen LogP contribution in [0.15, 0.2) is 29.2 Å². The normalized spacial score (nSPS) is 25.7. The van der Waals surface area contributed by atoms with Crippen LogP contribution in [0.25, 0.3) is 0 Å². The van der Waals surface area contributed by atoms with E-state index in [1.165, 1.54) is 4.90 Å². The van der Waals surface area contributed by atoms with Crippen molar-refractivity contribution in [2.45, 2.75) is 44.2 Å². The highest BCUT2D eigenvalue weighted by Crippen LogP contribution is 2.35. The average molecular weight is 334 g/mol. The fourth-order valence-electron chi connectivity index (χ4n) is 3.53. The van der Waals surface area contributed by atoms with Gasteiger partial charge in [0.15, 0.2) is 0 Å². The predicted octanol–water partition coefficient (Wildman–Crippen LogP) is 2.57. The number of rotatable bonds is 2. The molecule has 2 N–H and O–H groups in total. The number of hydrogen-bond acceptors (Lipinski definition) is 4. The summed E-state index contributed by atoms with van der Waals surface area (Å²) in [7, 11) is 0. The Morgan fingerprint density at radius 3 is 2.83 bits per heavy atom. The van der Waals surface area contributed by atoms with E-state index >= 15 is 0 Å². The van der Waals surface area contributed by atoms with Crippen LogP contribution >= 0.6 is 11.8 Å². The van der Waals surface area contributed by atoms with E-state index in [1.807, 2.05) is 35.7 Å². The van der Waals surface area contributed by atoms with Crippen molar-refractivity contribution in [3.63, 3.8) is 0 Å². The van der Waals surface area contributed by atoms with Gasteiger partial charge >= 0.3 is 0 Å². The number of fused-ring (bicyclic) bond motifs is 1. The minimum absolute atomic E-state index is 0.0580. The molecule has 2 aliphatic rings. The van der Waals surface area contributed by atoms with E-state index < -0.39 is 0 Å². The Kier molecular flexibility index (Phi) is 4.72. The number of likely N-dealkylation sites (tertiary alicyclic amines) is 1. The third-order valence-corrected chi connectivity index (χ3v) is 6.28. The SMILES string of the molecule is CC(C(=O)N1CCSc2ccccc21)N1CCC(N)C(C)(C)C1. The lowest BCUT2D eigenvalue weighted by Crippen LogP contribution is -2.58. The fraction of sp³-hybridized carbons (Fsp3) is 0.611. The second kappa shape index (κ2) is 6.46. The lowest BCUT2D eigenvalue weighted by molar-refractivity contribution is -0.124. The van der Waals surface area contributed by atoms with Crippen molar-refractivity contribution >= 4 is 23.4 Å². The first-order valence-electron chi connectivity index (χ1n) is 8.43. The molecule has 1 aromatic rings. The van der Waals surface area contributed by atoms with E-state index in [1.54, 1.807) is 0 Å². The van der Waals surface area contributed by atoms with Crippen molar-refractivity contribution in [3.8, 4) is 0 Å². The molecule has 3 rings (SSSR count). The molecule has 2 aliphatic heterocycles. The first kappa shape index (κ1) is 16.8. The van der Waals surface area contributed by atoms with Crippen molar-refractivity contribution in [1.29, 1.82) is 0 Å². The molecular weight excluding hydrogens is 306 g/mol. The van der Waals surface area contributed by atoms with Gasteiger partial charge in [-0.05, 0) is 30.9 Å². The molecule has 1 fully saturated rings. The van der Waals surface area contributed by atoms with Crippen LogP contribution in [0.2, 0.25) is 0 Å². The first-order valence-corrected chi connectivity index (χ1v) is 9.41. The van der Waals surface area contributed by atoms with Gasteiger partial charge in [-0.15, -0.1) is 11.8 Å². The van der Waals surface area contributed by atoms with Crippen LogP contribution in [-0.2, 0) is 4.79 Å². The lowest BCUT2D eigenvalue weighted by atomic mass is 9.79. The van der Waals surface area contributed by atoms with Gasteiger partial charge in [-0.3, -0.25) is 9.69 Å². The van der Waals surface area contributed by atoms with Gasteiger partial charge in [0, 0.05) is 36.3 Å². The van der Waals surface area contributed by atoms with E-state index in [9.17, 15) is 4.79 Å². The molecule has 2 heterocycles. The molecule has 5 heteroatoms. The molecule has 1 aromatic carbocycles. The van der Waals surface area contributed by atoms with Crippen LogP contribution < -0.4 is 10.6 Å². The van der Waals surface area contributed by atoms with Crippen LogP contribution in [0.1, 0.15) is 27.2 Å². The maximum atomic E-state index is 13.1. The van der Waals surface area contributed by atoms with E-state index in [2.05, 4.69) is 30.9 Å². The molecular formula is C18H27N3OS. The van der Waals surface area contributed by atoms with Crippen LogP contribution in [0.5, 0.6) is 0 Å². The number of nitrogens with two attached hydrogens (primary N) is 1. The van der Waals surface area contributed by atoms with Crippen LogP contribution in [0.4, 0.5) is 5.69 Å². The summed E-state index contributed by atoms with van der Waals surface area (Å²) in [6.07, 6.45) is 0.955. The fourth-order valence-corrected chi connectivity index (χ4v) is 4.52. The molecule has 0 aliphatic carbocycles. The summed E-state index contributed by atoms with van der Waals surface area (Å²) < 4.78 is 0. The number of benzene rings is 1. The number of piperidine rings is 1. The maximum Gasteiger partial charge on any atom is 0.244 e. The van der Waals surface area contributed by atoms with Gasteiger partial charge < -0.3 is 10.6 Å². The number of thioether (sulfide) groups is 1. The van der Waals surface area contributed by atoms with Crippen molar-refractivity contribution in [1.82, 2.24) is 4.90 Å². The molecule has 0 radical (unpaired) electrons. The number of anilines is 1. The summed E-state index contributed by atoms with van der Waals surface area (Å²) in [5, 5.41) is 0. The molecule has 0 aromatic heterocycles. The van der Waals surface area contributed by atoms with Gasteiger partial charge in [0.1, 0.15) is 0 Å². The number of nitrogens with zero attached hydrogens (tertiary/aromatic N) is 2. The Morgan fingerprint density at radius 1 is 1.35 bits per heavy atom. The third-order valence-electron chi connectivity index (χ3n) is 5.24. The molecule has 126 valence electrons. The Hall–Kier alpha value is -1.04. The number of para-hydroxylation sites is 1. The number of carbonyl (C=O) groups excluding carboxylic acids is 1. The van der Waals surface area contributed by atoms with Gasteiger partial charge in [0.25, 0.3) is 0 Å². The Bertz CT molecular complexity index is 589. The molecule has 2 unspecified atom stereocenters. The maximum absolute atomic E-state index is 13.1. The minimum atomic E-state index is -0.0991. The van der Waals surface area contributed by atoms with Crippen molar-refractivity contribution in [2.75, 3.05) is 30.3 Å². The molecule has 2 atom stereocenters. The summed E-state index contributed by atoms with van der Waals surface area (Å²) in [4.78, 5) is 18.6. The zero-order valence-electron chi connectivity index (χ0n) is 14.3. The average Bonchev–Trinajstić information content (AvgIpc) is 2.55. The predicted molar refractivity (Wildman–Crippen MR) is 96.9 cm³/mol. The number of amides is 1. The van der Waals surface area contributed by atoms with E-state index in [-0.39, 0.29) is 23.4 Å². The number of hydrogen-bond donors (Lipinski definition) is 1. The molecule has 0 saturated carbocycles. The van der Waals surface area contributed by atoms with Crippen molar-refractivity contribution in [2.24, 2.45) is 11.1 Å². The van der Waals surface area contributed by atoms with Gasteiger partial charge in [-0.1, -0.05) is 26.0 Å². The summed E-state index contributed by atoms with van der Waals surface area (Å²) in [6.45, 7) is 9.02. The summed E-state index contributed by atoms with van der Waals surface area (Å²) in [5.74, 6) is 1.18.